The molecule has 152 valence electrons. The van der Waals surface area contributed by atoms with Crippen LogP contribution in [0.15, 0.2) is 30.6 Å². The van der Waals surface area contributed by atoms with Crippen molar-refractivity contribution in [3.05, 3.63) is 30.6 Å². The summed E-state index contributed by atoms with van der Waals surface area (Å²) in [6, 6.07) is 7.74. The highest BCUT2D eigenvalue weighted by Crippen LogP contribution is 2.33. The molecule has 0 bridgehead atoms. The van der Waals surface area contributed by atoms with Gasteiger partial charge in [-0.3, -0.25) is 4.79 Å². The first-order chi connectivity index (χ1) is 13.8. The molecule has 7 nitrogen and oxygen atoms in total. The van der Waals surface area contributed by atoms with Gasteiger partial charge >= 0.3 is 0 Å². The summed E-state index contributed by atoms with van der Waals surface area (Å²) in [7, 11) is 0. The molecule has 2 aromatic heterocycles. The summed E-state index contributed by atoms with van der Waals surface area (Å²) in [6.07, 6.45) is 6.96. The number of rotatable bonds is 3. The molecule has 1 aromatic carbocycles. The highest BCUT2D eigenvalue weighted by Gasteiger charge is 2.24. The smallest absolute Gasteiger partial charge is 0.227 e. The van der Waals surface area contributed by atoms with Gasteiger partial charge in [0.15, 0.2) is 5.65 Å². The Morgan fingerprint density at radius 1 is 1.10 bits per heavy atom. The van der Waals surface area contributed by atoms with Crippen molar-refractivity contribution in [3.63, 3.8) is 0 Å². The van der Waals surface area contributed by atoms with Crippen LogP contribution in [0.3, 0.4) is 0 Å². The maximum Gasteiger partial charge on any atom is 0.227 e. The number of nitrogens with one attached hydrogen (secondary N) is 1. The number of fused-ring (bicyclic) bond motifs is 1. The molecular formula is C22H28N6O. The summed E-state index contributed by atoms with van der Waals surface area (Å²) in [5, 5.41) is 8.61. The first kappa shape index (κ1) is 19.4. The van der Waals surface area contributed by atoms with Crippen LogP contribution in [0, 0.1) is 5.92 Å². The molecule has 0 atom stereocenters. The van der Waals surface area contributed by atoms with Gasteiger partial charge in [-0.1, -0.05) is 31.4 Å². The van der Waals surface area contributed by atoms with Gasteiger partial charge in [0, 0.05) is 17.2 Å². The number of anilines is 2. The van der Waals surface area contributed by atoms with Crippen LogP contribution in [0.1, 0.15) is 52.9 Å². The Morgan fingerprint density at radius 3 is 2.45 bits per heavy atom. The maximum atomic E-state index is 12.5. The van der Waals surface area contributed by atoms with E-state index in [-0.39, 0.29) is 17.4 Å². The molecule has 2 heterocycles. The van der Waals surface area contributed by atoms with E-state index < -0.39 is 0 Å². The fraction of sp³-hybridized carbons (Fsp3) is 0.455. The molecule has 4 rings (SSSR count). The third-order valence-electron chi connectivity index (χ3n) is 5.53. The number of hydrogen-bond acceptors (Lipinski definition) is 5. The highest BCUT2D eigenvalue weighted by molar-refractivity contribution is 5.99. The molecule has 3 aromatic rings. The number of nitrogens with zero attached hydrogens (tertiary/aromatic N) is 4. The van der Waals surface area contributed by atoms with E-state index in [9.17, 15) is 4.79 Å². The molecule has 0 aliphatic heterocycles. The van der Waals surface area contributed by atoms with Crippen molar-refractivity contribution in [1.29, 1.82) is 0 Å². The largest absolute Gasteiger partial charge is 0.383 e. The molecule has 0 saturated heterocycles. The lowest BCUT2D eigenvalue weighted by Crippen LogP contribution is -2.24. The molecule has 0 spiro atoms. The Hall–Kier alpha value is -2.96. The van der Waals surface area contributed by atoms with Gasteiger partial charge in [0.25, 0.3) is 0 Å². The van der Waals surface area contributed by atoms with Crippen molar-refractivity contribution < 1.29 is 4.79 Å². The van der Waals surface area contributed by atoms with Gasteiger partial charge in [-0.2, -0.15) is 5.10 Å². The Morgan fingerprint density at radius 2 is 1.79 bits per heavy atom. The summed E-state index contributed by atoms with van der Waals surface area (Å²) in [4.78, 5) is 21.1. The summed E-state index contributed by atoms with van der Waals surface area (Å²) in [5.74, 6) is 0.666. The maximum absolute atomic E-state index is 12.5. The van der Waals surface area contributed by atoms with Gasteiger partial charge in [0.05, 0.1) is 10.9 Å². The molecule has 0 radical (unpaired) electrons. The second-order valence-corrected chi connectivity index (χ2v) is 8.79. The predicted octanol–water partition coefficient (Wildman–Crippen LogP) is 4.35. The molecule has 3 N–H and O–H groups in total. The first-order valence-corrected chi connectivity index (χ1v) is 10.3. The van der Waals surface area contributed by atoms with Crippen molar-refractivity contribution in [2.75, 3.05) is 11.1 Å². The molecular weight excluding hydrogens is 364 g/mol. The Balaban J connectivity index is 1.64. The lowest BCUT2D eigenvalue weighted by Gasteiger charge is -2.20. The zero-order valence-electron chi connectivity index (χ0n) is 17.3. The normalized spacial score (nSPS) is 15.6. The van der Waals surface area contributed by atoms with E-state index in [0.717, 1.165) is 53.7 Å². The average Bonchev–Trinajstić information content (AvgIpc) is 3.11. The van der Waals surface area contributed by atoms with E-state index in [2.05, 4.69) is 36.1 Å². The molecule has 7 heteroatoms. The monoisotopic (exact) mass is 392 g/mol. The van der Waals surface area contributed by atoms with E-state index in [0.29, 0.717) is 5.82 Å². The van der Waals surface area contributed by atoms with E-state index in [4.69, 9.17) is 10.8 Å². The topological polar surface area (TPSA) is 98.7 Å². The quantitative estimate of drug-likeness (QED) is 0.690. The van der Waals surface area contributed by atoms with Crippen LogP contribution in [-0.4, -0.2) is 25.7 Å². The van der Waals surface area contributed by atoms with Crippen molar-refractivity contribution in [2.45, 2.75) is 58.4 Å². The Kier molecular flexibility index (Phi) is 4.98. The summed E-state index contributed by atoms with van der Waals surface area (Å²) >= 11 is 0. The number of nitrogens with two attached hydrogens (primary N) is 1. The molecule has 0 unspecified atom stereocenters. The van der Waals surface area contributed by atoms with E-state index in [1.807, 2.05) is 28.9 Å². The van der Waals surface area contributed by atoms with Crippen molar-refractivity contribution in [2.24, 2.45) is 5.92 Å². The minimum Gasteiger partial charge on any atom is -0.383 e. The Bertz CT molecular complexity index is 1030. The fourth-order valence-corrected chi connectivity index (χ4v) is 3.96. The van der Waals surface area contributed by atoms with Gasteiger partial charge in [-0.25, -0.2) is 14.6 Å². The third-order valence-corrected chi connectivity index (χ3v) is 5.53. The van der Waals surface area contributed by atoms with E-state index in [1.165, 1.54) is 12.7 Å². The van der Waals surface area contributed by atoms with Gasteiger partial charge < -0.3 is 11.1 Å². The van der Waals surface area contributed by atoms with Crippen molar-refractivity contribution in [1.82, 2.24) is 19.7 Å². The number of benzene rings is 1. The fourth-order valence-electron chi connectivity index (χ4n) is 3.96. The molecule has 29 heavy (non-hydrogen) atoms. The van der Waals surface area contributed by atoms with E-state index in [1.54, 1.807) is 0 Å². The number of carbonyl (C=O) groups excluding carboxylic acids is 1. The first-order valence-electron chi connectivity index (χ1n) is 10.3. The van der Waals surface area contributed by atoms with Crippen LogP contribution in [-0.2, 0) is 10.3 Å². The van der Waals surface area contributed by atoms with Crippen LogP contribution in [0.5, 0.6) is 0 Å². The van der Waals surface area contributed by atoms with E-state index >= 15 is 0 Å². The Labute approximate surface area is 170 Å². The second kappa shape index (κ2) is 7.46. The number of carbonyl (C=O) groups is 1. The molecule has 1 aliphatic carbocycles. The second-order valence-electron chi connectivity index (χ2n) is 8.79. The molecule has 1 saturated carbocycles. The minimum absolute atomic E-state index is 0.123. The summed E-state index contributed by atoms with van der Waals surface area (Å²) in [6.45, 7) is 6.22. The number of amides is 1. The van der Waals surface area contributed by atoms with Crippen LogP contribution < -0.4 is 11.1 Å². The SMILES string of the molecule is CC(C)(C)n1nc(-c2ccc(NC(=O)C3CCCCC3)cc2)c2c(N)ncnc21. The summed E-state index contributed by atoms with van der Waals surface area (Å²) < 4.78 is 1.88. The lowest BCUT2D eigenvalue weighted by molar-refractivity contribution is -0.120. The van der Waals surface area contributed by atoms with Gasteiger partial charge in [0.1, 0.15) is 17.8 Å². The number of aromatic nitrogens is 4. The average molecular weight is 393 g/mol. The molecule has 1 amide bonds. The van der Waals surface area contributed by atoms with Crippen LogP contribution in [0.2, 0.25) is 0 Å². The van der Waals surface area contributed by atoms with Crippen molar-refractivity contribution in [3.8, 4) is 11.3 Å². The molecule has 1 aliphatic rings. The third kappa shape index (κ3) is 3.81. The zero-order chi connectivity index (χ0) is 20.6. The van der Waals surface area contributed by atoms with Gasteiger partial charge in [-0.15, -0.1) is 0 Å². The molecule has 1 fully saturated rings. The van der Waals surface area contributed by atoms with Gasteiger partial charge in [-0.05, 0) is 45.7 Å². The summed E-state index contributed by atoms with van der Waals surface area (Å²) in [5.41, 5.74) is 9.10. The minimum atomic E-state index is -0.245. The van der Waals surface area contributed by atoms with Crippen LogP contribution in [0.25, 0.3) is 22.3 Å². The number of hydrogen-bond donors (Lipinski definition) is 2. The van der Waals surface area contributed by atoms with Crippen LogP contribution in [0.4, 0.5) is 11.5 Å². The predicted molar refractivity (Wildman–Crippen MR) is 115 cm³/mol. The van der Waals surface area contributed by atoms with Crippen LogP contribution >= 0.6 is 0 Å². The lowest BCUT2D eigenvalue weighted by atomic mass is 9.88. The zero-order valence-corrected chi connectivity index (χ0v) is 17.3. The highest BCUT2D eigenvalue weighted by atomic mass is 16.1. The van der Waals surface area contributed by atoms with Crippen molar-refractivity contribution >= 4 is 28.4 Å². The number of nitrogen functional groups attached to an aromatic ring is 1. The van der Waals surface area contributed by atoms with Gasteiger partial charge in [0.2, 0.25) is 5.91 Å². The standard InChI is InChI=1S/C22H28N6O/c1-22(2,3)28-20-17(19(23)24-13-25-20)18(27-28)14-9-11-16(12-10-14)26-21(29)15-7-5-4-6-8-15/h9-13,15H,4-8H2,1-3H3,(H,26,29)(H2,23,24,25).